The molecule has 0 saturated carbocycles. The number of anilines is 1. The second-order valence-corrected chi connectivity index (χ2v) is 6.03. The summed E-state index contributed by atoms with van der Waals surface area (Å²) in [4.78, 5) is 12.2. The highest BCUT2D eigenvalue weighted by atomic mass is 16.5. The molecule has 6 nitrogen and oxygen atoms in total. The van der Waals surface area contributed by atoms with Crippen molar-refractivity contribution in [3.63, 3.8) is 0 Å². The fourth-order valence-corrected chi connectivity index (χ4v) is 2.52. The Hall–Kier alpha value is -3.15. The first-order valence-corrected chi connectivity index (χ1v) is 8.39. The van der Waals surface area contributed by atoms with Crippen LogP contribution in [0.25, 0.3) is 11.5 Å². The lowest BCUT2D eigenvalue weighted by atomic mass is 10.1. The van der Waals surface area contributed by atoms with E-state index in [0.29, 0.717) is 18.2 Å². The number of nitrogens with zero attached hydrogens (tertiary/aromatic N) is 2. The zero-order valence-electron chi connectivity index (χ0n) is 15.1. The van der Waals surface area contributed by atoms with E-state index >= 15 is 0 Å². The summed E-state index contributed by atoms with van der Waals surface area (Å²) in [6, 6.07) is 13.2. The van der Waals surface area contributed by atoms with Gasteiger partial charge in [-0.05, 0) is 55.3 Å². The van der Waals surface area contributed by atoms with E-state index < -0.39 is 0 Å². The van der Waals surface area contributed by atoms with Crippen LogP contribution in [-0.2, 0) is 11.2 Å². The van der Waals surface area contributed by atoms with Gasteiger partial charge in [-0.3, -0.25) is 4.79 Å². The number of amides is 1. The van der Waals surface area contributed by atoms with E-state index in [1.807, 2.05) is 56.3 Å². The first kappa shape index (κ1) is 17.7. The molecule has 2 aromatic carbocycles. The molecule has 26 heavy (non-hydrogen) atoms. The number of hydrogen-bond donors (Lipinski definition) is 1. The van der Waals surface area contributed by atoms with Crippen LogP contribution in [0.15, 0.2) is 46.9 Å². The van der Waals surface area contributed by atoms with Crippen molar-refractivity contribution in [3.05, 3.63) is 59.5 Å². The van der Waals surface area contributed by atoms with Crippen LogP contribution in [0.3, 0.4) is 0 Å². The predicted octanol–water partition coefficient (Wildman–Crippen LogP) is 3.93. The van der Waals surface area contributed by atoms with Crippen LogP contribution in [0.1, 0.15) is 23.4 Å². The molecule has 3 rings (SSSR count). The maximum absolute atomic E-state index is 12.2. The lowest BCUT2D eigenvalue weighted by molar-refractivity contribution is -0.116. The number of nitrogens with one attached hydrogen (secondary N) is 1. The molecular formula is C20H21N3O3. The molecule has 0 aliphatic rings. The Morgan fingerprint density at radius 1 is 1.12 bits per heavy atom. The minimum atomic E-state index is -0.0807. The summed E-state index contributed by atoms with van der Waals surface area (Å²) in [7, 11) is 1.61. The summed E-state index contributed by atoms with van der Waals surface area (Å²) < 4.78 is 10.8. The van der Waals surface area contributed by atoms with Gasteiger partial charge in [0.05, 0.1) is 7.11 Å². The van der Waals surface area contributed by atoms with Gasteiger partial charge in [-0.25, -0.2) is 0 Å². The minimum Gasteiger partial charge on any atom is -0.497 e. The van der Waals surface area contributed by atoms with Crippen LogP contribution in [0.4, 0.5) is 5.69 Å². The van der Waals surface area contributed by atoms with E-state index in [-0.39, 0.29) is 12.3 Å². The number of methoxy groups -OCH3 is 1. The average molecular weight is 351 g/mol. The highest BCUT2D eigenvalue weighted by Crippen LogP contribution is 2.22. The fraction of sp³-hybridized carbons (Fsp3) is 0.250. The third kappa shape index (κ3) is 4.08. The number of benzene rings is 2. The molecule has 6 heteroatoms. The first-order chi connectivity index (χ1) is 12.6. The van der Waals surface area contributed by atoms with Crippen molar-refractivity contribution in [1.82, 2.24) is 10.2 Å². The Balaban J connectivity index is 1.59. The second kappa shape index (κ2) is 7.82. The summed E-state index contributed by atoms with van der Waals surface area (Å²) >= 11 is 0. The van der Waals surface area contributed by atoms with Gasteiger partial charge >= 0.3 is 0 Å². The van der Waals surface area contributed by atoms with Gasteiger partial charge in [0.1, 0.15) is 5.75 Å². The number of aryl methyl sites for hydroxylation is 2. The third-order valence-corrected chi connectivity index (χ3v) is 4.25. The van der Waals surface area contributed by atoms with Gasteiger partial charge < -0.3 is 14.5 Å². The Morgan fingerprint density at radius 3 is 2.62 bits per heavy atom. The van der Waals surface area contributed by atoms with E-state index in [1.54, 1.807) is 7.11 Å². The van der Waals surface area contributed by atoms with E-state index in [4.69, 9.17) is 9.15 Å². The van der Waals surface area contributed by atoms with Crippen LogP contribution >= 0.6 is 0 Å². The van der Waals surface area contributed by atoms with Crippen LogP contribution < -0.4 is 10.1 Å². The lowest BCUT2D eigenvalue weighted by Crippen LogP contribution is -2.13. The van der Waals surface area contributed by atoms with Gasteiger partial charge in [-0.15, -0.1) is 10.2 Å². The van der Waals surface area contributed by atoms with Gasteiger partial charge in [0.25, 0.3) is 0 Å². The monoisotopic (exact) mass is 351 g/mol. The standard InChI is InChI=1S/C20H21N3O3/c1-13-5-4-6-17(14(13)2)21-18(24)11-12-19-22-23-20(26-19)15-7-9-16(25-3)10-8-15/h4-10H,11-12H2,1-3H3,(H,21,24). The third-order valence-electron chi connectivity index (χ3n) is 4.25. The molecule has 0 saturated heterocycles. The highest BCUT2D eigenvalue weighted by molar-refractivity contribution is 5.91. The first-order valence-electron chi connectivity index (χ1n) is 8.39. The summed E-state index contributed by atoms with van der Waals surface area (Å²) in [6.07, 6.45) is 0.664. The Bertz CT molecular complexity index is 901. The second-order valence-electron chi connectivity index (χ2n) is 6.03. The minimum absolute atomic E-state index is 0.0807. The van der Waals surface area contributed by atoms with Gasteiger partial charge in [0.2, 0.25) is 17.7 Å². The molecule has 0 bridgehead atoms. The average Bonchev–Trinajstić information content (AvgIpc) is 3.13. The van der Waals surface area contributed by atoms with Gasteiger partial charge in [-0.2, -0.15) is 0 Å². The zero-order chi connectivity index (χ0) is 18.5. The number of hydrogen-bond acceptors (Lipinski definition) is 5. The molecule has 0 aliphatic carbocycles. The fourth-order valence-electron chi connectivity index (χ4n) is 2.52. The van der Waals surface area contributed by atoms with E-state index in [1.165, 1.54) is 0 Å². The smallest absolute Gasteiger partial charge is 0.247 e. The number of carbonyl (C=O) groups is 1. The summed E-state index contributed by atoms with van der Waals surface area (Å²) in [5.41, 5.74) is 3.85. The molecular weight excluding hydrogens is 330 g/mol. The molecule has 1 aromatic heterocycles. The molecule has 3 aromatic rings. The number of ether oxygens (including phenoxy) is 1. The van der Waals surface area contributed by atoms with Crippen molar-refractivity contribution < 1.29 is 13.9 Å². The Morgan fingerprint density at radius 2 is 1.88 bits per heavy atom. The molecule has 0 aliphatic heterocycles. The number of rotatable bonds is 6. The highest BCUT2D eigenvalue weighted by Gasteiger charge is 2.12. The summed E-state index contributed by atoms with van der Waals surface area (Å²) in [5.74, 6) is 1.55. The van der Waals surface area contributed by atoms with Crippen molar-refractivity contribution in [2.45, 2.75) is 26.7 Å². The van der Waals surface area contributed by atoms with E-state index in [9.17, 15) is 4.79 Å². The molecule has 1 amide bonds. The lowest BCUT2D eigenvalue weighted by Gasteiger charge is -2.09. The van der Waals surface area contributed by atoms with Gasteiger partial charge in [-0.1, -0.05) is 12.1 Å². The molecule has 0 spiro atoms. The zero-order valence-corrected chi connectivity index (χ0v) is 15.1. The van der Waals surface area contributed by atoms with E-state index in [0.717, 1.165) is 28.1 Å². The Labute approximate surface area is 152 Å². The number of aromatic nitrogens is 2. The van der Waals surface area contributed by atoms with Crippen molar-refractivity contribution in [2.24, 2.45) is 0 Å². The van der Waals surface area contributed by atoms with Gasteiger partial charge in [0, 0.05) is 24.1 Å². The number of carbonyl (C=O) groups excluding carboxylic acids is 1. The molecule has 134 valence electrons. The SMILES string of the molecule is COc1ccc(-c2nnc(CCC(=O)Nc3cccc(C)c3C)o2)cc1. The molecule has 1 heterocycles. The summed E-state index contributed by atoms with van der Waals surface area (Å²) in [6.45, 7) is 4.01. The largest absolute Gasteiger partial charge is 0.497 e. The quantitative estimate of drug-likeness (QED) is 0.728. The van der Waals surface area contributed by atoms with Crippen molar-refractivity contribution in [2.75, 3.05) is 12.4 Å². The van der Waals surface area contributed by atoms with Crippen LogP contribution in [0.2, 0.25) is 0 Å². The molecule has 0 radical (unpaired) electrons. The molecule has 0 fully saturated rings. The molecule has 0 atom stereocenters. The topological polar surface area (TPSA) is 77.2 Å². The maximum Gasteiger partial charge on any atom is 0.247 e. The van der Waals surface area contributed by atoms with E-state index in [2.05, 4.69) is 15.5 Å². The predicted molar refractivity (Wildman–Crippen MR) is 99.2 cm³/mol. The van der Waals surface area contributed by atoms with Crippen molar-refractivity contribution >= 4 is 11.6 Å². The maximum atomic E-state index is 12.2. The molecule has 0 unspecified atom stereocenters. The normalized spacial score (nSPS) is 10.6. The summed E-state index contributed by atoms with van der Waals surface area (Å²) in [5, 5.41) is 11.0. The van der Waals surface area contributed by atoms with Crippen LogP contribution in [-0.4, -0.2) is 23.2 Å². The molecule has 1 N–H and O–H groups in total. The van der Waals surface area contributed by atoms with Gasteiger partial charge in [0.15, 0.2) is 0 Å². The van der Waals surface area contributed by atoms with Crippen molar-refractivity contribution in [3.8, 4) is 17.2 Å². The van der Waals surface area contributed by atoms with Crippen LogP contribution in [0.5, 0.6) is 5.75 Å². The van der Waals surface area contributed by atoms with Crippen molar-refractivity contribution in [1.29, 1.82) is 0 Å². The Kier molecular flexibility index (Phi) is 5.31. The van der Waals surface area contributed by atoms with Crippen LogP contribution in [0, 0.1) is 13.8 Å².